The zero-order chi connectivity index (χ0) is 19.5. The average Bonchev–Trinajstić information content (AvgIpc) is 3.34. The van der Waals surface area contributed by atoms with E-state index in [4.69, 9.17) is 0 Å². The van der Waals surface area contributed by atoms with Crippen LogP contribution in [0, 0.1) is 0 Å². The number of amides is 2. The first kappa shape index (κ1) is 18.1. The Kier molecular flexibility index (Phi) is 4.98. The van der Waals surface area contributed by atoms with E-state index in [1.165, 1.54) is 0 Å². The summed E-state index contributed by atoms with van der Waals surface area (Å²) >= 11 is 1.62. The molecule has 28 heavy (non-hydrogen) atoms. The Morgan fingerprint density at radius 2 is 2.11 bits per heavy atom. The number of anilines is 1. The van der Waals surface area contributed by atoms with Gasteiger partial charge in [-0.2, -0.15) is 4.98 Å². The van der Waals surface area contributed by atoms with Crippen LogP contribution in [0.3, 0.4) is 0 Å². The molecular formula is C19H19N7OS. The van der Waals surface area contributed by atoms with Gasteiger partial charge in [0.2, 0.25) is 0 Å². The van der Waals surface area contributed by atoms with Crippen molar-refractivity contribution in [3.63, 3.8) is 0 Å². The van der Waals surface area contributed by atoms with E-state index in [2.05, 4.69) is 37.6 Å². The lowest BCUT2D eigenvalue weighted by atomic mass is 10.1. The van der Waals surface area contributed by atoms with Gasteiger partial charge in [-0.3, -0.25) is 10.3 Å². The van der Waals surface area contributed by atoms with Crippen molar-refractivity contribution in [2.45, 2.75) is 20.3 Å². The monoisotopic (exact) mass is 393 g/mol. The molecule has 0 atom stereocenters. The standard InChI is InChI=1S/C19H19N7OS/c1-3-17-22-11-15(28-17)14-8-13(12-6-5-7-20-10-12)9-16-23-18(25-26(14)16)24-19(27)21-4-2/h5-11H,3-4H2,1-2H3,(H2,21,24,25,27). The van der Waals surface area contributed by atoms with E-state index in [0.717, 1.165) is 33.1 Å². The van der Waals surface area contributed by atoms with Crippen LogP contribution in [0.5, 0.6) is 0 Å². The summed E-state index contributed by atoms with van der Waals surface area (Å²) in [6.45, 7) is 4.45. The summed E-state index contributed by atoms with van der Waals surface area (Å²) in [4.78, 5) is 26.0. The predicted molar refractivity (Wildman–Crippen MR) is 109 cm³/mol. The maximum Gasteiger partial charge on any atom is 0.321 e. The van der Waals surface area contributed by atoms with Gasteiger partial charge >= 0.3 is 6.03 Å². The molecule has 0 radical (unpaired) electrons. The Bertz CT molecular complexity index is 1120. The average molecular weight is 393 g/mol. The maximum absolute atomic E-state index is 11.8. The number of hydrogen-bond acceptors (Lipinski definition) is 6. The number of carbonyl (C=O) groups is 1. The van der Waals surface area contributed by atoms with Gasteiger partial charge in [0.1, 0.15) is 0 Å². The fourth-order valence-electron chi connectivity index (χ4n) is 2.81. The first-order chi connectivity index (χ1) is 13.7. The summed E-state index contributed by atoms with van der Waals surface area (Å²) in [6.07, 6.45) is 6.27. The third-order valence-corrected chi connectivity index (χ3v) is 5.27. The van der Waals surface area contributed by atoms with E-state index >= 15 is 0 Å². The summed E-state index contributed by atoms with van der Waals surface area (Å²) in [5.41, 5.74) is 3.45. The van der Waals surface area contributed by atoms with Crippen molar-refractivity contribution in [2.24, 2.45) is 0 Å². The number of aryl methyl sites for hydroxylation is 1. The topological polar surface area (TPSA) is 97.1 Å². The lowest BCUT2D eigenvalue weighted by Crippen LogP contribution is -2.28. The molecule has 0 fully saturated rings. The fourth-order valence-corrected chi connectivity index (χ4v) is 3.67. The molecule has 0 saturated heterocycles. The number of fused-ring (bicyclic) bond motifs is 1. The van der Waals surface area contributed by atoms with Crippen LogP contribution in [0.1, 0.15) is 18.9 Å². The Morgan fingerprint density at radius 1 is 1.21 bits per heavy atom. The van der Waals surface area contributed by atoms with Crippen LogP contribution in [-0.4, -0.2) is 37.1 Å². The van der Waals surface area contributed by atoms with Crippen molar-refractivity contribution >= 4 is 29.0 Å². The molecule has 0 aliphatic carbocycles. The number of pyridine rings is 2. The molecule has 142 valence electrons. The van der Waals surface area contributed by atoms with Gasteiger partial charge in [0.05, 0.1) is 15.6 Å². The SMILES string of the molecule is CCNC(=O)Nc1nc2cc(-c3cccnc3)cc(-c3cnc(CC)s3)n2n1. The zero-order valence-corrected chi connectivity index (χ0v) is 16.3. The highest BCUT2D eigenvalue weighted by Gasteiger charge is 2.15. The van der Waals surface area contributed by atoms with Crippen LogP contribution in [0.4, 0.5) is 10.7 Å². The minimum atomic E-state index is -0.335. The molecule has 4 aromatic rings. The van der Waals surface area contributed by atoms with Crippen molar-refractivity contribution < 1.29 is 4.79 Å². The number of urea groups is 1. The predicted octanol–water partition coefficient (Wildman–Crippen LogP) is 3.62. The fraction of sp³-hybridized carbons (Fsp3) is 0.211. The van der Waals surface area contributed by atoms with Crippen molar-refractivity contribution in [3.8, 4) is 21.7 Å². The first-order valence-corrected chi connectivity index (χ1v) is 9.80. The molecule has 0 unspecified atom stereocenters. The highest BCUT2D eigenvalue weighted by molar-refractivity contribution is 7.15. The number of aromatic nitrogens is 5. The molecule has 0 bridgehead atoms. The van der Waals surface area contributed by atoms with Crippen LogP contribution in [0.25, 0.3) is 27.3 Å². The quantitative estimate of drug-likeness (QED) is 0.540. The van der Waals surface area contributed by atoms with E-state index in [-0.39, 0.29) is 12.0 Å². The molecule has 0 saturated carbocycles. The molecule has 2 N–H and O–H groups in total. The van der Waals surface area contributed by atoms with Gasteiger partial charge < -0.3 is 5.32 Å². The van der Waals surface area contributed by atoms with Crippen molar-refractivity contribution in [2.75, 3.05) is 11.9 Å². The van der Waals surface area contributed by atoms with Crippen LogP contribution in [0.2, 0.25) is 0 Å². The second-order valence-corrected chi connectivity index (χ2v) is 7.15. The third kappa shape index (κ3) is 3.56. The summed E-state index contributed by atoms with van der Waals surface area (Å²) in [5.74, 6) is 0.246. The highest BCUT2D eigenvalue weighted by Crippen LogP contribution is 2.31. The number of thiazole rings is 1. The van der Waals surface area contributed by atoms with E-state index in [0.29, 0.717) is 12.2 Å². The molecule has 8 nitrogen and oxygen atoms in total. The molecule has 0 aliphatic rings. The first-order valence-electron chi connectivity index (χ1n) is 8.99. The maximum atomic E-state index is 11.8. The van der Waals surface area contributed by atoms with Gasteiger partial charge in [0.25, 0.3) is 5.95 Å². The van der Waals surface area contributed by atoms with E-state index < -0.39 is 0 Å². The van der Waals surface area contributed by atoms with Crippen molar-refractivity contribution in [1.29, 1.82) is 0 Å². The van der Waals surface area contributed by atoms with E-state index in [9.17, 15) is 4.79 Å². The minimum absolute atomic E-state index is 0.246. The molecule has 2 amide bonds. The van der Waals surface area contributed by atoms with Crippen molar-refractivity contribution in [3.05, 3.63) is 47.9 Å². The van der Waals surface area contributed by atoms with Crippen molar-refractivity contribution in [1.82, 2.24) is 29.9 Å². The number of nitrogens with one attached hydrogen (secondary N) is 2. The normalized spacial score (nSPS) is 10.9. The largest absolute Gasteiger partial charge is 0.338 e. The van der Waals surface area contributed by atoms with Gasteiger partial charge in [0.15, 0.2) is 5.65 Å². The van der Waals surface area contributed by atoms with Crippen LogP contribution < -0.4 is 10.6 Å². The van der Waals surface area contributed by atoms with Gasteiger partial charge in [-0.25, -0.2) is 14.3 Å². The molecule has 4 rings (SSSR count). The molecule has 0 spiro atoms. The summed E-state index contributed by atoms with van der Waals surface area (Å²) < 4.78 is 1.73. The van der Waals surface area contributed by atoms with Gasteiger partial charge in [-0.05, 0) is 37.1 Å². The summed E-state index contributed by atoms with van der Waals surface area (Å²) in [7, 11) is 0. The second kappa shape index (κ2) is 7.73. The molecule has 4 aromatic heterocycles. The summed E-state index contributed by atoms with van der Waals surface area (Å²) in [5, 5.41) is 10.9. The van der Waals surface area contributed by atoms with Crippen LogP contribution >= 0.6 is 11.3 Å². The number of rotatable bonds is 5. The van der Waals surface area contributed by atoms with Gasteiger partial charge in [0, 0.05) is 30.7 Å². The third-order valence-electron chi connectivity index (χ3n) is 4.10. The number of hydrogen-bond donors (Lipinski definition) is 2. The number of carbonyl (C=O) groups excluding carboxylic acids is 1. The number of nitrogens with zero attached hydrogens (tertiary/aromatic N) is 5. The van der Waals surface area contributed by atoms with Gasteiger partial charge in [-0.15, -0.1) is 16.4 Å². The lowest BCUT2D eigenvalue weighted by molar-refractivity contribution is 0.252. The summed E-state index contributed by atoms with van der Waals surface area (Å²) in [6, 6.07) is 7.53. The molecule has 9 heteroatoms. The molecule has 0 aliphatic heterocycles. The molecular weight excluding hydrogens is 374 g/mol. The Balaban J connectivity index is 1.85. The Labute approximate surface area is 165 Å². The molecule has 4 heterocycles. The van der Waals surface area contributed by atoms with Gasteiger partial charge in [-0.1, -0.05) is 13.0 Å². The smallest absolute Gasteiger partial charge is 0.321 e. The zero-order valence-electron chi connectivity index (χ0n) is 15.5. The lowest BCUT2D eigenvalue weighted by Gasteiger charge is -2.06. The van der Waals surface area contributed by atoms with Crippen LogP contribution in [0.15, 0.2) is 42.9 Å². The molecule has 0 aromatic carbocycles. The minimum Gasteiger partial charge on any atom is -0.338 e. The van der Waals surface area contributed by atoms with E-state index in [1.54, 1.807) is 22.0 Å². The Hall–Kier alpha value is -3.33. The van der Waals surface area contributed by atoms with E-state index in [1.807, 2.05) is 43.6 Å². The second-order valence-electron chi connectivity index (χ2n) is 6.03. The highest BCUT2D eigenvalue weighted by atomic mass is 32.1. The van der Waals surface area contributed by atoms with Crippen LogP contribution in [-0.2, 0) is 6.42 Å². The Morgan fingerprint density at radius 3 is 2.82 bits per heavy atom.